The highest BCUT2D eigenvalue weighted by Crippen LogP contribution is 2.27. The number of nitrogen functional groups attached to an aromatic ring is 1. The minimum Gasteiger partial charge on any atom is -0.383 e. The lowest BCUT2D eigenvalue weighted by Crippen LogP contribution is -2.04. The molecule has 96 valence electrons. The van der Waals surface area contributed by atoms with Crippen LogP contribution in [0.1, 0.15) is 12.5 Å². The van der Waals surface area contributed by atoms with Gasteiger partial charge in [-0.1, -0.05) is 6.92 Å². The van der Waals surface area contributed by atoms with Gasteiger partial charge in [0.25, 0.3) is 0 Å². The van der Waals surface area contributed by atoms with E-state index in [4.69, 9.17) is 5.73 Å². The van der Waals surface area contributed by atoms with Gasteiger partial charge >= 0.3 is 0 Å². The average molecular weight is 270 g/mol. The van der Waals surface area contributed by atoms with E-state index >= 15 is 0 Å². The summed E-state index contributed by atoms with van der Waals surface area (Å²) >= 11 is 1.74. The molecule has 2 heterocycles. The Morgan fingerprint density at radius 3 is 3.00 bits per heavy atom. The number of benzene rings is 1. The molecule has 3 aromatic rings. The molecular formula is C14H14N4S. The summed E-state index contributed by atoms with van der Waals surface area (Å²) in [7, 11) is 0. The molecule has 3 rings (SSSR count). The molecule has 0 aliphatic carbocycles. The summed E-state index contributed by atoms with van der Waals surface area (Å²) in [5.41, 5.74) is 7.83. The number of hydrogen-bond acceptors (Lipinski definition) is 5. The molecule has 2 aromatic heterocycles. The lowest BCUT2D eigenvalue weighted by atomic mass is 10.2. The van der Waals surface area contributed by atoms with Gasteiger partial charge in [-0.15, -0.1) is 11.3 Å². The van der Waals surface area contributed by atoms with Gasteiger partial charge in [0, 0.05) is 16.0 Å². The predicted molar refractivity (Wildman–Crippen MR) is 80.9 cm³/mol. The van der Waals surface area contributed by atoms with Gasteiger partial charge in [0.1, 0.15) is 18.0 Å². The smallest absolute Gasteiger partial charge is 0.139 e. The summed E-state index contributed by atoms with van der Waals surface area (Å²) in [5.74, 6) is 1.32. The average Bonchev–Trinajstić information content (AvgIpc) is 2.86. The zero-order valence-electron chi connectivity index (χ0n) is 10.6. The van der Waals surface area contributed by atoms with Crippen LogP contribution in [0.15, 0.2) is 36.0 Å². The number of nitrogens with zero attached hydrogens (tertiary/aromatic N) is 2. The van der Waals surface area contributed by atoms with Crippen molar-refractivity contribution in [3.63, 3.8) is 0 Å². The first-order chi connectivity index (χ1) is 9.28. The molecule has 0 radical (unpaired) electrons. The fraction of sp³-hybridized carbons (Fsp3) is 0.143. The first kappa shape index (κ1) is 11.9. The number of thiophene rings is 1. The van der Waals surface area contributed by atoms with Crippen molar-refractivity contribution >= 4 is 38.7 Å². The van der Waals surface area contributed by atoms with E-state index in [0.717, 1.165) is 23.5 Å². The van der Waals surface area contributed by atoms with E-state index in [1.165, 1.54) is 16.4 Å². The molecule has 0 aliphatic rings. The van der Waals surface area contributed by atoms with Crippen LogP contribution < -0.4 is 11.1 Å². The van der Waals surface area contributed by atoms with Gasteiger partial charge in [-0.3, -0.25) is 0 Å². The predicted octanol–water partition coefficient (Wildman–Crippen LogP) is 3.58. The number of nitrogens with two attached hydrogens (primary N) is 1. The summed E-state index contributed by atoms with van der Waals surface area (Å²) in [4.78, 5) is 8.30. The zero-order valence-corrected chi connectivity index (χ0v) is 11.4. The third-order valence-electron chi connectivity index (χ3n) is 3.05. The largest absolute Gasteiger partial charge is 0.383 e. The minimum atomic E-state index is 0.539. The van der Waals surface area contributed by atoms with Crippen molar-refractivity contribution in [3.05, 3.63) is 41.5 Å². The van der Waals surface area contributed by atoms with Gasteiger partial charge in [0.2, 0.25) is 0 Å². The van der Waals surface area contributed by atoms with E-state index in [-0.39, 0.29) is 0 Å². The van der Waals surface area contributed by atoms with Gasteiger partial charge in [0.15, 0.2) is 0 Å². The van der Waals surface area contributed by atoms with Crippen molar-refractivity contribution < 1.29 is 0 Å². The van der Waals surface area contributed by atoms with Crippen molar-refractivity contribution in [3.8, 4) is 0 Å². The Bertz CT molecular complexity index is 720. The van der Waals surface area contributed by atoms with E-state index in [1.807, 2.05) is 6.92 Å². The van der Waals surface area contributed by atoms with Gasteiger partial charge < -0.3 is 11.1 Å². The highest BCUT2D eigenvalue weighted by Gasteiger charge is 2.07. The SMILES string of the molecule is CCc1c(N)ncnc1Nc1ccc2sccc2c1. The number of nitrogens with one attached hydrogen (secondary N) is 1. The minimum absolute atomic E-state index is 0.539. The molecule has 5 heteroatoms. The molecular weight excluding hydrogens is 256 g/mol. The third kappa shape index (κ3) is 2.24. The zero-order chi connectivity index (χ0) is 13.2. The summed E-state index contributed by atoms with van der Waals surface area (Å²) in [6.45, 7) is 2.04. The van der Waals surface area contributed by atoms with Crippen LogP contribution >= 0.6 is 11.3 Å². The van der Waals surface area contributed by atoms with Gasteiger partial charge in [0.05, 0.1) is 0 Å². The van der Waals surface area contributed by atoms with Gasteiger partial charge in [-0.05, 0) is 41.5 Å². The molecule has 1 aromatic carbocycles. The maximum atomic E-state index is 5.87. The van der Waals surface area contributed by atoms with Crippen LogP contribution in [-0.4, -0.2) is 9.97 Å². The van der Waals surface area contributed by atoms with Crippen LogP contribution in [0.25, 0.3) is 10.1 Å². The van der Waals surface area contributed by atoms with Crippen molar-refractivity contribution in [1.29, 1.82) is 0 Å². The van der Waals surface area contributed by atoms with E-state index in [2.05, 4.69) is 44.9 Å². The molecule has 0 saturated heterocycles. The lowest BCUT2D eigenvalue weighted by Gasteiger charge is -2.11. The van der Waals surface area contributed by atoms with E-state index < -0.39 is 0 Å². The maximum Gasteiger partial charge on any atom is 0.139 e. The quantitative estimate of drug-likeness (QED) is 0.763. The molecule has 0 aliphatic heterocycles. The highest BCUT2D eigenvalue weighted by atomic mass is 32.1. The normalized spacial score (nSPS) is 10.8. The van der Waals surface area contributed by atoms with Gasteiger partial charge in [-0.2, -0.15) is 0 Å². The summed E-state index contributed by atoms with van der Waals surface area (Å²) < 4.78 is 1.28. The monoisotopic (exact) mass is 270 g/mol. The third-order valence-corrected chi connectivity index (χ3v) is 3.95. The summed E-state index contributed by atoms with van der Waals surface area (Å²) in [5, 5.41) is 6.64. The molecule has 0 bridgehead atoms. The highest BCUT2D eigenvalue weighted by molar-refractivity contribution is 7.17. The van der Waals surface area contributed by atoms with Crippen molar-refractivity contribution in [2.24, 2.45) is 0 Å². The number of anilines is 3. The molecule has 0 amide bonds. The van der Waals surface area contributed by atoms with Crippen LogP contribution in [0.5, 0.6) is 0 Å². The topological polar surface area (TPSA) is 63.8 Å². The molecule has 19 heavy (non-hydrogen) atoms. The molecule has 3 N–H and O–H groups in total. The Morgan fingerprint density at radius 2 is 2.16 bits per heavy atom. The number of hydrogen-bond donors (Lipinski definition) is 2. The summed E-state index contributed by atoms with van der Waals surface area (Å²) in [6, 6.07) is 8.39. The Morgan fingerprint density at radius 1 is 1.26 bits per heavy atom. The van der Waals surface area contributed by atoms with E-state index in [9.17, 15) is 0 Å². The maximum absolute atomic E-state index is 5.87. The fourth-order valence-corrected chi connectivity index (χ4v) is 2.83. The van der Waals surface area contributed by atoms with E-state index in [1.54, 1.807) is 11.3 Å². The molecule has 0 saturated carbocycles. The van der Waals surface area contributed by atoms with Crippen LogP contribution in [0.3, 0.4) is 0 Å². The Kier molecular flexibility index (Phi) is 3.05. The number of aromatic nitrogens is 2. The second kappa shape index (κ2) is 4.85. The van der Waals surface area contributed by atoms with Crippen molar-refractivity contribution in [2.45, 2.75) is 13.3 Å². The first-order valence-corrected chi connectivity index (χ1v) is 6.99. The first-order valence-electron chi connectivity index (χ1n) is 6.11. The summed E-state index contributed by atoms with van der Waals surface area (Å²) in [6.07, 6.45) is 2.29. The second-order valence-electron chi connectivity index (χ2n) is 4.24. The second-order valence-corrected chi connectivity index (χ2v) is 5.19. The molecule has 0 spiro atoms. The number of fused-ring (bicyclic) bond motifs is 1. The lowest BCUT2D eigenvalue weighted by molar-refractivity contribution is 1.06. The van der Waals surface area contributed by atoms with Crippen LogP contribution in [0, 0.1) is 0 Å². The van der Waals surface area contributed by atoms with Crippen LogP contribution in [-0.2, 0) is 6.42 Å². The number of rotatable bonds is 3. The molecule has 0 fully saturated rings. The van der Waals surface area contributed by atoms with Crippen molar-refractivity contribution in [1.82, 2.24) is 9.97 Å². The van der Waals surface area contributed by atoms with Crippen LogP contribution in [0.2, 0.25) is 0 Å². The molecule has 0 unspecified atom stereocenters. The molecule has 4 nitrogen and oxygen atoms in total. The van der Waals surface area contributed by atoms with Gasteiger partial charge in [-0.25, -0.2) is 9.97 Å². The van der Waals surface area contributed by atoms with Crippen molar-refractivity contribution in [2.75, 3.05) is 11.1 Å². The van der Waals surface area contributed by atoms with Crippen LogP contribution in [0.4, 0.5) is 17.3 Å². The Hall–Kier alpha value is -2.14. The Labute approximate surface area is 115 Å². The Balaban J connectivity index is 1.98. The standard InChI is InChI=1S/C14H14N4S/c1-2-11-13(15)16-8-17-14(11)18-10-3-4-12-9(7-10)5-6-19-12/h3-8H,2H2,1H3,(H3,15,16,17,18). The molecule has 0 atom stereocenters. The van der Waals surface area contributed by atoms with E-state index in [0.29, 0.717) is 5.82 Å². The fourth-order valence-electron chi connectivity index (χ4n) is 2.06.